The number of hydrogen-bond donors (Lipinski definition) is 1. The van der Waals surface area contributed by atoms with Gasteiger partial charge in [-0.05, 0) is 19.4 Å². The third kappa shape index (κ3) is 16.1. The molecule has 1 N–H and O–H groups in total. The van der Waals surface area contributed by atoms with Crippen molar-refractivity contribution in [3.05, 3.63) is 24.4 Å². The Bertz CT molecular complexity index is 117. The Balaban J connectivity index is 0. The van der Waals surface area contributed by atoms with E-state index >= 15 is 0 Å². The van der Waals surface area contributed by atoms with Gasteiger partial charge in [0.25, 0.3) is 0 Å². The molecule has 0 aromatic rings. The summed E-state index contributed by atoms with van der Waals surface area (Å²) in [5.41, 5.74) is 0.947. The topological polar surface area (TPSA) is 21.3 Å². The molecular weight excluding hydrogens is 150 g/mol. The average molecular weight is 171 g/mol. The van der Waals surface area contributed by atoms with Crippen molar-refractivity contribution in [3.63, 3.8) is 0 Å². The summed E-state index contributed by atoms with van der Waals surface area (Å²) < 4.78 is 4.69. The van der Waals surface area contributed by atoms with E-state index < -0.39 is 0 Å². The third-order valence-electron chi connectivity index (χ3n) is 1.10. The summed E-state index contributed by atoms with van der Waals surface area (Å²) in [5.74, 6) is 0. The van der Waals surface area contributed by atoms with E-state index in [9.17, 15) is 0 Å². The molecule has 0 atom stereocenters. The van der Waals surface area contributed by atoms with E-state index in [1.807, 2.05) is 26.1 Å². The minimum Gasteiger partial charge on any atom is -0.389 e. The molecule has 0 radical (unpaired) electrons. The Morgan fingerprint density at radius 1 is 1.58 bits per heavy atom. The molecule has 0 aromatic carbocycles. The summed E-state index contributed by atoms with van der Waals surface area (Å²) in [6.07, 6.45) is 4.98. The molecule has 0 aliphatic carbocycles. The second-order valence-electron chi connectivity index (χ2n) is 2.27. The van der Waals surface area contributed by atoms with Crippen molar-refractivity contribution in [1.82, 2.24) is 5.32 Å². The van der Waals surface area contributed by atoms with Gasteiger partial charge in [0.2, 0.25) is 0 Å². The summed E-state index contributed by atoms with van der Waals surface area (Å²) in [6.45, 7) is 8.60. The lowest BCUT2D eigenvalue weighted by Gasteiger charge is -1.91. The van der Waals surface area contributed by atoms with Gasteiger partial charge in [-0.25, -0.2) is 0 Å². The van der Waals surface area contributed by atoms with Crippen LogP contribution in [0.3, 0.4) is 0 Å². The van der Waals surface area contributed by atoms with Crippen molar-refractivity contribution in [3.8, 4) is 0 Å². The molecule has 0 spiro atoms. The maximum atomic E-state index is 4.69. The molecule has 0 rings (SSSR count). The lowest BCUT2D eigenvalue weighted by Crippen LogP contribution is -1.99. The van der Waals surface area contributed by atoms with Crippen LogP contribution in [-0.4, -0.2) is 20.8 Å². The van der Waals surface area contributed by atoms with Crippen molar-refractivity contribution in [2.24, 2.45) is 0 Å². The summed E-state index contributed by atoms with van der Waals surface area (Å²) in [4.78, 5) is 0. The zero-order chi connectivity index (χ0) is 9.82. The normalized spacial score (nSPS) is 9.00. The molecule has 2 heteroatoms. The van der Waals surface area contributed by atoms with E-state index in [2.05, 4.69) is 18.8 Å². The monoisotopic (exact) mass is 171 g/mol. The van der Waals surface area contributed by atoms with Gasteiger partial charge in [-0.15, -0.1) is 0 Å². The van der Waals surface area contributed by atoms with Crippen LogP contribution in [0, 0.1) is 0 Å². The van der Waals surface area contributed by atoms with Crippen LogP contribution in [0.1, 0.15) is 20.3 Å². The summed E-state index contributed by atoms with van der Waals surface area (Å²) in [6, 6.07) is 0. The van der Waals surface area contributed by atoms with Crippen molar-refractivity contribution in [2.45, 2.75) is 20.3 Å². The molecule has 0 aliphatic heterocycles. The number of hydrogen-bond acceptors (Lipinski definition) is 2. The van der Waals surface area contributed by atoms with Crippen molar-refractivity contribution in [1.29, 1.82) is 0 Å². The van der Waals surface area contributed by atoms with Crippen LogP contribution in [0.25, 0.3) is 0 Å². The molecule has 0 saturated carbocycles. The van der Waals surface area contributed by atoms with Crippen LogP contribution in [0.5, 0.6) is 0 Å². The maximum Gasteiger partial charge on any atom is 0.0459 e. The van der Waals surface area contributed by atoms with Crippen LogP contribution in [-0.2, 0) is 4.74 Å². The fraction of sp³-hybridized carbons (Fsp3) is 0.600. The summed E-state index contributed by atoms with van der Waals surface area (Å²) >= 11 is 0. The quantitative estimate of drug-likeness (QED) is 0.655. The lowest BCUT2D eigenvalue weighted by molar-refractivity contribution is 0.199. The molecule has 72 valence electrons. The predicted octanol–water partition coefficient (Wildman–Crippen LogP) is 2.34. The largest absolute Gasteiger partial charge is 0.389 e. The first-order chi connectivity index (χ1) is 5.72. The minimum atomic E-state index is 0.889. The Labute approximate surface area is 76.3 Å². The highest BCUT2D eigenvalue weighted by Gasteiger charge is 1.71. The molecular formula is C10H21NO. The SMILES string of the molecule is C=C(/C=C\C)NC.CCCOC. The van der Waals surface area contributed by atoms with Gasteiger partial charge in [-0.3, -0.25) is 0 Å². The van der Waals surface area contributed by atoms with Crippen LogP contribution in [0.2, 0.25) is 0 Å². The maximum absolute atomic E-state index is 4.69. The summed E-state index contributed by atoms with van der Waals surface area (Å²) in [7, 11) is 3.56. The first kappa shape index (κ1) is 13.8. The standard InChI is InChI=1S/C6H11N.C4H10O/c1-4-5-6(2)7-3;1-3-4-5-2/h4-5,7H,2H2,1,3H3;3-4H2,1-2H3/b5-4-;. The average Bonchev–Trinajstić information content (AvgIpc) is 2.07. The number of likely N-dealkylation sites (N-methyl/N-ethyl adjacent to an activating group) is 1. The second-order valence-corrected chi connectivity index (χ2v) is 2.27. The van der Waals surface area contributed by atoms with Gasteiger partial charge in [0.1, 0.15) is 0 Å². The van der Waals surface area contributed by atoms with Gasteiger partial charge < -0.3 is 10.1 Å². The molecule has 0 fully saturated rings. The van der Waals surface area contributed by atoms with Crippen LogP contribution < -0.4 is 5.32 Å². The van der Waals surface area contributed by atoms with E-state index in [0.717, 1.165) is 18.7 Å². The van der Waals surface area contributed by atoms with Gasteiger partial charge in [0.15, 0.2) is 0 Å². The van der Waals surface area contributed by atoms with E-state index in [-0.39, 0.29) is 0 Å². The van der Waals surface area contributed by atoms with Crippen LogP contribution in [0.4, 0.5) is 0 Å². The Kier molecular flexibility index (Phi) is 14.8. The van der Waals surface area contributed by atoms with Crippen LogP contribution in [0.15, 0.2) is 24.4 Å². The molecule has 2 nitrogen and oxygen atoms in total. The van der Waals surface area contributed by atoms with Gasteiger partial charge in [0.05, 0.1) is 0 Å². The van der Waals surface area contributed by atoms with Crippen molar-refractivity contribution < 1.29 is 4.74 Å². The smallest absolute Gasteiger partial charge is 0.0459 e. The molecule has 0 unspecified atom stereocenters. The third-order valence-corrected chi connectivity index (χ3v) is 1.10. The molecule has 0 amide bonds. The fourth-order valence-electron chi connectivity index (χ4n) is 0.489. The Hall–Kier alpha value is -0.760. The molecule has 0 saturated heterocycles. The molecule has 0 bridgehead atoms. The van der Waals surface area contributed by atoms with Gasteiger partial charge in [0, 0.05) is 26.5 Å². The number of nitrogens with one attached hydrogen (secondary N) is 1. The van der Waals surface area contributed by atoms with E-state index in [4.69, 9.17) is 4.74 Å². The zero-order valence-corrected chi connectivity index (χ0v) is 8.68. The highest BCUT2D eigenvalue weighted by Crippen LogP contribution is 1.81. The van der Waals surface area contributed by atoms with Crippen molar-refractivity contribution >= 4 is 0 Å². The molecule has 0 aliphatic rings. The lowest BCUT2D eigenvalue weighted by atomic mass is 10.4. The van der Waals surface area contributed by atoms with E-state index in [0.29, 0.717) is 0 Å². The number of ether oxygens (including phenoxy) is 1. The fourth-order valence-corrected chi connectivity index (χ4v) is 0.489. The van der Waals surface area contributed by atoms with Gasteiger partial charge >= 0.3 is 0 Å². The first-order valence-electron chi connectivity index (χ1n) is 4.21. The van der Waals surface area contributed by atoms with Crippen LogP contribution >= 0.6 is 0 Å². The number of allylic oxidation sites excluding steroid dienone is 2. The molecule has 12 heavy (non-hydrogen) atoms. The highest BCUT2D eigenvalue weighted by molar-refractivity contribution is 5.09. The molecule has 0 heterocycles. The zero-order valence-electron chi connectivity index (χ0n) is 8.68. The number of methoxy groups -OCH3 is 1. The number of rotatable bonds is 4. The summed E-state index contributed by atoms with van der Waals surface area (Å²) in [5, 5.41) is 2.88. The molecule has 0 aromatic heterocycles. The minimum absolute atomic E-state index is 0.889. The van der Waals surface area contributed by atoms with E-state index in [1.165, 1.54) is 0 Å². The first-order valence-corrected chi connectivity index (χ1v) is 4.21. The second kappa shape index (κ2) is 12.9. The Morgan fingerprint density at radius 3 is 2.25 bits per heavy atom. The van der Waals surface area contributed by atoms with Crippen molar-refractivity contribution in [2.75, 3.05) is 20.8 Å². The highest BCUT2D eigenvalue weighted by atomic mass is 16.5. The predicted molar refractivity (Wildman–Crippen MR) is 55.2 cm³/mol. The van der Waals surface area contributed by atoms with Gasteiger partial charge in [-0.2, -0.15) is 0 Å². The van der Waals surface area contributed by atoms with E-state index in [1.54, 1.807) is 7.11 Å². The van der Waals surface area contributed by atoms with Gasteiger partial charge in [-0.1, -0.05) is 19.6 Å². The Morgan fingerprint density at radius 2 is 2.17 bits per heavy atom.